The second-order valence-corrected chi connectivity index (χ2v) is 5.98. The van der Waals surface area contributed by atoms with Crippen LogP contribution in [0.2, 0.25) is 0 Å². The highest BCUT2D eigenvalue weighted by Gasteiger charge is 2.18. The fourth-order valence-corrected chi connectivity index (χ4v) is 3.75. The molecule has 1 aliphatic rings. The van der Waals surface area contributed by atoms with Crippen molar-refractivity contribution in [3.05, 3.63) is 35.2 Å². The number of hydrogen-bond donors (Lipinski definition) is 1. The summed E-state index contributed by atoms with van der Waals surface area (Å²) < 4.78 is 1.27. The molecule has 1 aromatic carbocycles. The molecule has 1 saturated heterocycles. The second-order valence-electron chi connectivity index (χ2n) is 5.06. The summed E-state index contributed by atoms with van der Waals surface area (Å²) in [6, 6.07) is 8.34. The Morgan fingerprint density at radius 1 is 1.17 bits per heavy atom. The molecule has 0 radical (unpaired) electrons. The first-order chi connectivity index (χ1) is 8.84. The van der Waals surface area contributed by atoms with Crippen molar-refractivity contribution in [2.75, 3.05) is 19.6 Å². The summed E-state index contributed by atoms with van der Waals surface area (Å²) in [6.07, 6.45) is 3.54. The maximum Gasteiger partial charge on any atom is 0.0930 e. The normalized spacial score (nSPS) is 19.2. The maximum atomic E-state index is 10.4. The van der Waals surface area contributed by atoms with E-state index >= 15 is 0 Å². The summed E-state index contributed by atoms with van der Waals surface area (Å²) in [4.78, 5) is 2.39. The van der Waals surface area contributed by atoms with E-state index in [2.05, 4.69) is 28.5 Å². The Bertz CT molecular complexity index is 516. The molecule has 1 atom stereocenters. The smallest absolute Gasteiger partial charge is 0.0930 e. The molecule has 3 rings (SSSR count). The summed E-state index contributed by atoms with van der Waals surface area (Å²) in [5, 5.41) is 13.7. The minimum atomic E-state index is -0.348. The lowest BCUT2D eigenvalue weighted by molar-refractivity contribution is 0.103. The maximum absolute atomic E-state index is 10.4. The first kappa shape index (κ1) is 12.2. The molecule has 3 heteroatoms. The van der Waals surface area contributed by atoms with Crippen LogP contribution in [0.3, 0.4) is 0 Å². The molecule has 18 heavy (non-hydrogen) atoms. The van der Waals surface area contributed by atoms with E-state index in [1.54, 1.807) is 11.3 Å². The SMILES string of the molecule is OC(CN1CCCCC1)c1csc2ccccc12. The molecular weight excluding hydrogens is 242 g/mol. The van der Waals surface area contributed by atoms with E-state index in [4.69, 9.17) is 0 Å². The lowest BCUT2D eigenvalue weighted by Crippen LogP contribution is -2.33. The van der Waals surface area contributed by atoms with Gasteiger partial charge in [-0.3, -0.25) is 0 Å². The molecule has 1 aromatic heterocycles. The lowest BCUT2D eigenvalue weighted by Gasteiger charge is -2.28. The molecule has 2 aromatic rings. The highest BCUT2D eigenvalue weighted by Crippen LogP contribution is 2.30. The predicted octanol–water partition coefficient (Wildman–Crippen LogP) is 3.42. The molecule has 0 amide bonds. The second kappa shape index (κ2) is 5.39. The van der Waals surface area contributed by atoms with Gasteiger partial charge in [0.25, 0.3) is 0 Å². The Balaban J connectivity index is 1.76. The van der Waals surface area contributed by atoms with Crippen molar-refractivity contribution in [1.29, 1.82) is 0 Å². The third kappa shape index (κ3) is 2.44. The van der Waals surface area contributed by atoms with Crippen LogP contribution in [0.25, 0.3) is 10.1 Å². The third-order valence-corrected chi connectivity index (χ3v) is 4.73. The van der Waals surface area contributed by atoms with Gasteiger partial charge in [0.05, 0.1) is 6.10 Å². The van der Waals surface area contributed by atoms with Crippen LogP contribution >= 0.6 is 11.3 Å². The quantitative estimate of drug-likeness (QED) is 0.915. The van der Waals surface area contributed by atoms with Crippen LogP contribution in [-0.4, -0.2) is 29.6 Å². The zero-order chi connectivity index (χ0) is 12.4. The van der Waals surface area contributed by atoms with Gasteiger partial charge in [-0.25, -0.2) is 0 Å². The number of rotatable bonds is 3. The van der Waals surface area contributed by atoms with Gasteiger partial charge in [0.2, 0.25) is 0 Å². The van der Waals surface area contributed by atoms with Crippen molar-refractivity contribution >= 4 is 21.4 Å². The van der Waals surface area contributed by atoms with Gasteiger partial charge in [0.1, 0.15) is 0 Å². The van der Waals surface area contributed by atoms with E-state index in [0.29, 0.717) is 0 Å². The summed E-state index contributed by atoms with van der Waals surface area (Å²) in [5.41, 5.74) is 1.10. The van der Waals surface area contributed by atoms with Crippen LogP contribution in [-0.2, 0) is 0 Å². The number of piperidine rings is 1. The Kier molecular flexibility index (Phi) is 3.64. The molecule has 1 N–H and O–H groups in total. The first-order valence-corrected chi connectivity index (χ1v) is 7.59. The molecule has 0 saturated carbocycles. The molecule has 2 nitrogen and oxygen atoms in total. The van der Waals surface area contributed by atoms with Gasteiger partial charge >= 0.3 is 0 Å². The summed E-state index contributed by atoms with van der Waals surface area (Å²) in [6.45, 7) is 3.05. The average molecular weight is 261 g/mol. The minimum absolute atomic E-state index is 0.348. The molecule has 96 valence electrons. The topological polar surface area (TPSA) is 23.5 Å². The van der Waals surface area contributed by atoms with Gasteiger partial charge in [-0.1, -0.05) is 24.6 Å². The van der Waals surface area contributed by atoms with Crippen molar-refractivity contribution in [2.45, 2.75) is 25.4 Å². The first-order valence-electron chi connectivity index (χ1n) is 6.71. The third-order valence-electron chi connectivity index (χ3n) is 3.75. The van der Waals surface area contributed by atoms with Gasteiger partial charge in [-0.05, 0) is 42.8 Å². The highest BCUT2D eigenvalue weighted by atomic mass is 32.1. The Morgan fingerprint density at radius 2 is 1.94 bits per heavy atom. The summed E-state index contributed by atoms with van der Waals surface area (Å²) in [5.74, 6) is 0. The number of nitrogens with zero attached hydrogens (tertiary/aromatic N) is 1. The van der Waals surface area contributed by atoms with Crippen molar-refractivity contribution in [2.24, 2.45) is 0 Å². The van der Waals surface area contributed by atoms with Gasteiger partial charge in [0.15, 0.2) is 0 Å². The molecule has 0 spiro atoms. The van der Waals surface area contributed by atoms with Crippen molar-refractivity contribution in [1.82, 2.24) is 4.90 Å². The van der Waals surface area contributed by atoms with E-state index in [0.717, 1.165) is 25.2 Å². The number of aliphatic hydroxyl groups excluding tert-OH is 1. The van der Waals surface area contributed by atoms with Crippen LogP contribution in [0.5, 0.6) is 0 Å². The molecule has 0 bridgehead atoms. The van der Waals surface area contributed by atoms with Gasteiger partial charge in [-0.15, -0.1) is 11.3 Å². The molecule has 1 fully saturated rings. The van der Waals surface area contributed by atoms with Crippen molar-refractivity contribution in [3.8, 4) is 0 Å². The average Bonchev–Trinajstić information content (AvgIpc) is 2.84. The minimum Gasteiger partial charge on any atom is -0.387 e. The Labute approximate surface area is 112 Å². The Hall–Kier alpha value is -0.900. The van der Waals surface area contributed by atoms with Crippen LogP contribution in [0, 0.1) is 0 Å². The molecule has 1 unspecified atom stereocenters. The fourth-order valence-electron chi connectivity index (χ4n) is 2.74. The van der Waals surface area contributed by atoms with E-state index in [-0.39, 0.29) is 6.10 Å². The molecule has 2 heterocycles. The van der Waals surface area contributed by atoms with E-state index in [1.807, 2.05) is 6.07 Å². The highest BCUT2D eigenvalue weighted by molar-refractivity contribution is 7.17. The van der Waals surface area contributed by atoms with Crippen LogP contribution < -0.4 is 0 Å². The van der Waals surface area contributed by atoms with Gasteiger partial charge in [-0.2, -0.15) is 0 Å². The number of aliphatic hydroxyl groups is 1. The Morgan fingerprint density at radius 3 is 2.78 bits per heavy atom. The zero-order valence-electron chi connectivity index (χ0n) is 10.5. The molecule has 0 aliphatic carbocycles. The van der Waals surface area contributed by atoms with Crippen molar-refractivity contribution in [3.63, 3.8) is 0 Å². The van der Waals surface area contributed by atoms with E-state index in [9.17, 15) is 5.11 Å². The van der Waals surface area contributed by atoms with E-state index in [1.165, 1.54) is 29.3 Å². The number of fused-ring (bicyclic) bond motifs is 1. The number of likely N-dealkylation sites (tertiary alicyclic amines) is 1. The lowest BCUT2D eigenvalue weighted by atomic mass is 10.1. The molecule has 1 aliphatic heterocycles. The van der Waals surface area contributed by atoms with Crippen LogP contribution in [0.4, 0.5) is 0 Å². The number of benzene rings is 1. The fraction of sp³-hybridized carbons (Fsp3) is 0.467. The zero-order valence-corrected chi connectivity index (χ0v) is 11.3. The summed E-state index contributed by atoms with van der Waals surface area (Å²) >= 11 is 1.73. The number of hydrogen-bond acceptors (Lipinski definition) is 3. The van der Waals surface area contributed by atoms with Crippen LogP contribution in [0.15, 0.2) is 29.6 Å². The largest absolute Gasteiger partial charge is 0.387 e. The predicted molar refractivity (Wildman–Crippen MR) is 77.1 cm³/mol. The van der Waals surface area contributed by atoms with Crippen molar-refractivity contribution < 1.29 is 5.11 Å². The monoisotopic (exact) mass is 261 g/mol. The number of thiophene rings is 1. The van der Waals surface area contributed by atoms with Crippen LogP contribution in [0.1, 0.15) is 30.9 Å². The number of β-amino-alcohol motifs (C(OH)–C–C–N with tert-alkyl or cyclic N) is 1. The van der Waals surface area contributed by atoms with Gasteiger partial charge in [0, 0.05) is 16.8 Å². The standard InChI is InChI=1S/C15H19NOS/c17-14(10-16-8-4-1-5-9-16)13-11-18-15-7-3-2-6-12(13)15/h2-3,6-7,11,14,17H,1,4-5,8-10H2. The summed E-state index contributed by atoms with van der Waals surface area (Å²) in [7, 11) is 0. The molecular formula is C15H19NOS. The van der Waals surface area contributed by atoms with E-state index < -0.39 is 0 Å². The van der Waals surface area contributed by atoms with Gasteiger partial charge < -0.3 is 10.0 Å².